The summed E-state index contributed by atoms with van der Waals surface area (Å²) in [4.78, 5) is 12.6. The summed E-state index contributed by atoms with van der Waals surface area (Å²) in [6.45, 7) is 1.69. The lowest BCUT2D eigenvalue weighted by Gasteiger charge is -2.13. The summed E-state index contributed by atoms with van der Waals surface area (Å²) < 4.78 is 33.5. The highest BCUT2D eigenvalue weighted by Gasteiger charge is 2.18. The van der Waals surface area contributed by atoms with Crippen molar-refractivity contribution in [2.24, 2.45) is 0 Å². The molecular formula is C22H21ClN2O4S. The molecule has 0 aliphatic heterocycles. The van der Waals surface area contributed by atoms with Crippen LogP contribution in [0.25, 0.3) is 0 Å². The van der Waals surface area contributed by atoms with E-state index in [4.69, 9.17) is 16.3 Å². The Kier molecular flexibility index (Phi) is 6.64. The molecular weight excluding hydrogens is 424 g/mol. The van der Waals surface area contributed by atoms with Crippen LogP contribution in [0.1, 0.15) is 11.1 Å². The van der Waals surface area contributed by atoms with Gasteiger partial charge in [-0.25, -0.2) is 8.42 Å². The van der Waals surface area contributed by atoms with E-state index < -0.39 is 10.0 Å². The van der Waals surface area contributed by atoms with Gasteiger partial charge in [-0.2, -0.15) is 0 Å². The molecule has 0 atom stereocenters. The zero-order valence-corrected chi connectivity index (χ0v) is 18.0. The van der Waals surface area contributed by atoms with Crippen molar-refractivity contribution in [3.63, 3.8) is 0 Å². The number of ether oxygens (including phenoxy) is 1. The van der Waals surface area contributed by atoms with E-state index in [0.717, 1.165) is 5.56 Å². The number of para-hydroxylation sites is 1. The molecule has 1 amide bonds. The van der Waals surface area contributed by atoms with Gasteiger partial charge in [0.25, 0.3) is 10.0 Å². The maximum atomic E-state index is 12.8. The summed E-state index contributed by atoms with van der Waals surface area (Å²) in [5, 5.41) is 3.26. The molecule has 0 saturated heterocycles. The van der Waals surface area contributed by atoms with Crippen molar-refractivity contribution in [3.8, 4) is 5.75 Å². The molecule has 3 rings (SSSR count). The van der Waals surface area contributed by atoms with Crippen LogP contribution in [0.15, 0.2) is 71.6 Å². The number of carbonyl (C=O) groups excluding carboxylic acids is 1. The Labute approximate surface area is 180 Å². The fraction of sp³-hybridized carbons (Fsp3) is 0.136. The largest absolute Gasteiger partial charge is 0.496 e. The Morgan fingerprint density at radius 1 is 1.00 bits per heavy atom. The van der Waals surface area contributed by atoms with E-state index in [1.807, 2.05) is 12.1 Å². The first-order valence-electron chi connectivity index (χ1n) is 9.09. The van der Waals surface area contributed by atoms with Crippen molar-refractivity contribution < 1.29 is 17.9 Å². The van der Waals surface area contributed by atoms with Crippen LogP contribution in [0.2, 0.25) is 5.02 Å². The maximum absolute atomic E-state index is 12.8. The zero-order chi connectivity index (χ0) is 21.7. The van der Waals surface area contributed by atoms with Crippen LogP contribution in [0.5, 0.6) is 5.75 Å². The zero-order valence-electron chi connectivity index (χ0n) is 16.5. The summed E-state index contributed by atoms with van der Waals surface area (Å²) in [6.07, 6.45) is 0.100. The highest BCUT2D eigenvalue weighted by molar-refractivity contribution is 7.92. The highest BCUT2D eigenvalue weighted by atomic mass is 35.5. The molecule has 2 N–H and O–H groups in total. The molecule has 0 radical (unpaired) electrons. The number of hydrogen-bond donors (Lipinski definition) is 2. The molecule has 0 aromatic heterocycles. The molecule has 156 valence electrons. The Morgan fingerprint density at radius 2 is 1.67 bits per heavy atom. The lowest BCUT2D eigenvalue weighted by molar-refractivity contribution is -0.115. The topological polar surface area (TPSA) is 84.5 Å². The summed E-state index contributed by atoms with van der Waals surface area (Å²) in [5.74, 6) is 0.337. The number of nitrogens with one attached hydrogen (secondary N) is 2. The van der Waals surface area contributed by atoms with Crippen molar-refractivity contribution in [3.05, 3.63) is 82.9 Å². The molecule has 0 bridgehead atoms. The minimum atomic E-state index is -3.85. The number of aryl methyl sites for hydroxylation is 1. The van der Waals surface area contributed by atoms with Gasteiger partial charge >= 0.3 is 0 Å². The minimum absolute atomic E-state index is 0.0764. The van der Waals surface area contributed by atoms with Crippen LogP contribution in [-0.4, -0.2) is 21.4 Å². The second kappa shape index (κ2) is 9.19. The minimum Gasteiger partial charge on any atom is -0.496 e. The first-order chi connectivity index (χ1) is 14.3. The third-order valence-corrected chi connectivity index (χ3v) is 6.18. The van der Waals surface area contributed by atoms with Crippen molar-refractivity contribution in [2.75, 3.05) is 17.1 Å². The fourth-order valence-corrected chi connectivity index (χ4v) is 4.38. The molecule has 0 fully saturated rings. The van der Waals surface area contributed by atoms with Gasteiger partial charge in [0, 0.05) is 22.0 Å². The van der Waals surface area contributed by atoms with E-state index in [-0.39, 0.29) is 17.2 Å². The van der Waals surface area contributed by atoms with Crippen LogP contribution >= 0.6 is 11.6 Å². The Bertz CT molecular complexity index is 1160. The molecule has 0 aliphatic rings. The molecule has 8 heteroatoms. The Hall–Kier alpha value is -3.03. The second-order valence-corrected chi connectivity index (χ2v) is 8.72. The summed E-state index contributed by atoms with van der Waals surface area (Å²) >= 11 is 5.85. The smallest absolute Gasteiger partial charge is 0.262 e. The monoisotopic (exact) mass is 444 g/mol. The lowest BCUT2D eigenvalue weighted by Crippen LogP contribution is -2.17. The number of benzene rings is 3. The fourth-order valence-electron chi connectivity index (χ4n) is 2.92. The number of amides is 1. The number of sulfonamides is 1. The van der Waals surface area contributed by atoms with Gasteiger partial charge in [-0.15, -0.1) is 0 Å². The molecule has 0 unspecified atom stereocenters. The van der Waals surface area contributed by atoms with Crippen LogP contribution in [0.4, 0.5) is 11.4 Å². The number of hydrogen-bond acceptors (Lipinski definition) is 4. The van der Waals surface area contributed by atoms with E-state index in [1.165, 1.54) is 6.07 Å². The number of anilines is 2. The summed E-state index contributed by atoms with van der Waals surface area (Å²) in [6, 6.07) is 18.3. The van der Waals surface area contributed by atoms with Gasteiger partial charge in [-0.1, -0.05) is 35.9 Å². The average Bonchev–Trinajstić information content (AvgIpc) is 2.71. The molecule has 6 nitrogen and oxygen atoms in total. The van der Waals surface area contributed by atoms with Crippen LogP contribution < -0.4 is 14.8 Å². The van der Waals surface area contributed by atoms with Gasteiger partial charge in [0.05, 0.1) is 18.4 Å². The van der Waals surface area contributed by atoms with Crippen molar-refractivity contribution in [2.45, 2.75) is 18.2 Å². The standard InChI is InChI=1S/C22H21ClN2O4S/c1-15-7-10-19(24-22(26)13-16-5-3-4-6-20(16)29-2)14-21(15)30(27,28)25-18-11-8-17(23)9-12-18/h3-12,14,25H,13H2,1-2H3,(H,24,26). The van der Waals surface area contributed by atoms with Crippen molar-refractivity contribution in [1.29, 1.82) is 0 Å². The third kappa shape index (κ3) is 5.31. The van der Waals surface area contributed by atoms with Crippen LogP contribution in [0, 0.1) is 6.92 Å². The molecule has 0 aliphatic carbocycles. The van der Waals surface area contributed by atoms with Gasteiger partial charge in [-0.3, -0.25) is 9.52 Å². The highest BCUT2D eigenvalue weighted by Crippen LogP contribution is 2.24. The SMILES string of the molecule is COc1ccccc1CC(=O)Nc1ccc(C)c(S(=O)(=O)Nc2ccc(Cl)cc2)c1. The average molecular weight is 445 g/mol. The van der Waals surface area contributed by atoms with Crippen molar-refractivity contribution in [1.82, 2.24) is 0 Å². The normalized spacial score (nSPS) is 11.0. The van der Waals surface area contributed by atoms with Gasteiger partial charge in [-0.05, 0) is 55.0 Å². The maximum Gasteiger partial charge on any atom is 0.262 e. The van der Waals surface area contributed by atoms with Crippen LogP contribution in [0.3, 0.4) is 0 Å². The number of methoxy groups -OCH3 is 1. The van der Waals surface area contributed by atoms with E-state index in [1.54, 1.807) is 62.6 Å². The third-order valence-electron chi connectivity index (χ3n) is 4.40. The Balaban J connectivity index is 1.79. The van der Waals surface area contributed by atoms with E-state index in [2.05, 4.69) is 10.0 Å². The predicted octanol–water partition coefficient (Wildman–Crippen LogP) is 4.64. The van der Waals surface area contributed by atoms with Gasteiger partial charge in [0.2, 0.25) is 5.91 Å². The first-order valence-corrected chi connectivity index (χ1v) is 11.0. The van der Waals surface area contributed by atoms with E-state index in [9.17, 15) is 13.2 Å². The number of rotatable bonds is 7. The van der Waals surface area contributed by atoms with Gasteiger partial charge in [0.1, 0.15) is 5.75 Å². The van der Waals surface area contributed by atoms with Gasteiger partial charge in [0.15, 0.2) is 0 Å². The first kappa shape index (κ1) is 21.7. The molecule has 30 heavy (non-hydrogen) atoms. The quantitative estimate of drug-likeness (QED) is 0.556. The van der Waals surface area contributed by atoms with E-state index in [0.29, 0.717) is 27.7 Å². The number of carbonyl (C=O) groups is 1. The predicted molar refractivity (Wildman–Crippen MR) is 119 cm³/mol. The van der Waals surface area contributed by atoms with Crippen molar-refractivity contribution >= 4 is 38.9 Å². The summed E-state index contributed by atoms with van der Waals surface area (Å²) in [5.41, 5.74) is 2.07. The summed E-state index contributed by atoms with van der Waals surface area (Å²) in [7, 11) is -2.31. The van der Waals surface area contributed by atoms with E-state index >= 15 is 0 Å². The lowest BCUT2D eigenvalue weighted by atomic mass is 10.1. The molecule has 0 spiro atoms. The van der Waals surface area contributed by atoms with Crippen LogP contribution in [-0.2, 0) is 21.2 Å². The van der Waals surface area contributed by atoms with Gasteiger partial charge < -0.3 is 10.1 Å². The second-order valence-electron chi connectivity index (χ2n) is 6.63. The number of halogens is 1. The Morgan fingerprint density at radius 3 is 2.37 bits per heavy atom. The molecule has 0 saturated carbocycles. The molecule has 3 aromatic rings. The molecule has 3 aromatic carbocycles. The molecule has 0 heterocycles.